The number of nitrogens with one attached hydrogen (secondary N) is 1. The number of H-pyrrole nitrogens is 1. The average Bonchev–Trinajstić information content (AvgIpc) is 3.51. The second-order valence-corrected chi connectivity index (χ2v) is 11.2. The normalized spacial score (nSPS) is 13.2. The second kappa shape index (κ2) is 11.6. The molecule has 39 heavy (non-hydrogen) atoms. The van der Waals surface area contributed by atoms with Gasteiger partial charge >= 0.3 is 6.09 Å². The van der Waals surface area contributed by atoms with Crippen molar-refractivity contribution in [2.45, 2.75) is 74.0 Å². The fraction of sp³-hybridized carbons (Fsp3) is 0.438. The molecule has 1 amide bonds. The Morgan fingerprint density at radius 2 is 1.90 bits per heavy atom. The maximum Gasteiger partial charge on any atom is 0.410 e. The zero-order valence-corrected chi connectivity index (χ0v) is 24.6. The highest BCUT2D eigenvalue weighted by molar-refractivity contribution is 5.86. The fourth-order valence-electron chi connectivity index (χ4n) is 4.79. The van der Waals surface area contributed by atoms with E-state index in [-0.39, 0.29) is 6.09 Å². The fourth-order valence-corrected chi connectivity index (χ4v) is 4.79. The predicted molar refractivity (Wildman–Crippen MR) is 158 cm³/mol. The number of benzene rings is 2. The number of amides is 1. The van der Waals surface area contributed by atoms with Crippen molar-refractivity contribution >= 4 is 17.0 Å². The smallest absolute Gasteiger partial charge is 0.410 e. The summed E-state index contributed by atoms with van der Waals surface area (Å²) in [5, 5.41) is 6.26. The molecule has 0 atom stereocenters. The Labute approximate surface area is 232 Å². The van der Waals surface area contributed by atoms with E-state index >= 15 is 0 Å². The van der Waals surface area contributed by atoms with Crippen LogP contribution in [-0.2, 0) is 17.7 Å². The van der Waals surface area contributed by atoms with E-state index in [0.717, 1.165) is 50.4 Å². The molecule has 1 aliphatic rings. The SMILES string of the molecule is CC.Cc1cccc(OCC(C)C)c1-n1nc2c(c1-c1ccc3[nH]ccc3c1)CN(C(=O)OC(C)(C)C)CC2. The minimum atomic E-state index is -0.548. The molecule has 0 radical (unpaired) electrons. The highest BCUT2D eigenvalue weighted by Crippen LogP contribution is 2.38. The van der Waals surface area contributed by atoms with E-state index in [0.29, 0.717) is 32.0 Å². The van der Waals surface area contributed by atoms with Crippen molar-refractivity contribution < 1.29 is 14.3 Å². The summed E-state index contributed by atoms with van der Waals surface area (Å²) < 4.78 is 14.0. The quantitative estimate of drug-likeness (QED) is 0.287. The number of hydrogen-bond acceptors (Lipinski definition) is 4. The van der Waals surface area contributed by atoms with Crippen molar-refractivity contribution in [1.82, 2.24) is 19.7 Å². The molecule has 208 valence electrons. The number of nitrogens with zero attached hydrogens (tertiary/aromatic N) is 3. The molecular weight excluding hydrogens is 488 g/mol. The third-order valence-electron chi connectivity index (χ3n) is 6.50. The summed E-state index contributed by atoms with van der Waals surface area (Å²) in [6.07, 6.45) is 2.31. The molecule has 1 aliphatic heterocycles. The van der Waals surface area contributed by atoms with E-state index in [1.54, 1.807) is 4.90 Å². The summed E-state index contributed by atoms with van der Waals surface area (Å²) >= 11 is 0. The number of hydrogen-bond donors (Lipinski definition) is 1. The summed E-state index contributed by atoms with van der Waals surface area (Å²) in [6, 6.07) is 14.6. The first-order valence-corrected chi connectivity index (χ1v) is 14.0. The number of aromatic amines is 1. The summed E-state index contributed by atoms with van der Waals surface area (Å²) in [7, 11) is 0. The molecule has 0 saturated carbocycles. The minimum Gasteiger partial charge on any atom is -0.491 e. The molecular formula is C32H42N4O3. The van der Waals surface area contributed by atoms with Gasteiger partial charge in [0, 0.05) is 41.2 Å². The van der Waals surface area contributed by atoms with Crippen LogP contribution in [0.1, 0.15) is 65.3 Å². The maximum absolute atomic E-state index is 13.0. The Hall–Kier alpha value is -3.74. The van der Waals surface area contributed by atoms with Crippen molar-refractivity contribution in [2.75, 3.05) is 13.2 Å². The van der Waals surface area contributed by atoms with E-state index < -0.39 is 5.60 Å². The van der Waals surface area contributed by atoms with Crippen LogP contribution in [0, 0.1) is 12.8 Å². The topological polar surface area (TPSA) is 72.4 Å². The predicted octanol–water partition coefficient (Wildman–Crippen LogP) is 7.68. The van der Waals surface area contributed by atoms with Gasteiger partial charge < -0.3 is 19.4 Å². The molecule has 4 aromatic rings. The first kappa shape index (κ1) is 28.3. The third kappa shape index (κ3) is 6.13. The van der Waals surface area contributed by atoms with Crippen molar-refractivity contribution in [1.29, 1.82) is 0 Å². The number of aryl methyl sites for hydroxylation is 1. The van der Waals surface area contributed by atoms with Crippen molar-refractivity contribution in [3.05, 3.63) is 65.5 Å². The molecule has 0 bridgehead atoms. The Bertz CT molecular complexity index is 1440. The molecule has 0 fully saturated rings. The van der Waals surface area contributed by atoms with E-state index in [4.69, 9.17) is 14.6 Å². The number of carbonyl (C=O) groups is 1. The zero-order valence-electron chi connectivity index (χ0n) is 24.6. The molecule has 1 N–H and O–H groups in total. The molecule has 5 rings (SSSR count). The third-order valence-corrected chi connectivity index (χ3v) is 6.50. The lowest BCUT2D eigenvalue weighted by atomic mass is 9.99. The van der Waals surface area contributed by atoms with Crippen LogP contribution in [0.25, 0.3) is 27.8 Å². The van der Waals surface area contributed by atoms with E-state index in [2.05, 4.69) is 56.1 Å². The number of carbonyl (C=O) groups excluding carboxylic acids is 1. The first-order chi connectivity index (χ1) is 18.6. The maximum atomic E-state index is 13.0. The van der Waals surface area contributed by atoms with Gasteiger partial charge in [-0.2, -0.15) is 5.10 Å². The molecule has 3 heterocycles. The van der Waals surface area contributed by atoms with Crippen LogP contribution in [0.4, 0.5) is 4.79 Å². The Kier molecular flexibility index (Phi) is 8.38. The van der Waals surface area contributed by atoms with Gasteiger partial charge in [-0.15, -0.1) is 0 Å². The van der Waals surface area contributed by atoms with Crippen LogP contribution in [0.3, 0.4) is 0 Å². The molecule has 2 aromatic carbocycles. The highest BCUT2D eigenvalue weighted by Gasteiger charge is 2.32. The van der Waals surface area contributed by atoms with Gasteiger partial charge in [0.05, 0.1) is 24.5 Å². The average molecular weight is 531 g/mol. The lowest BCUT2D eigenvalue weighted by Crippen LogP contribution is -2.39. The van der Waals surface area contributed by atoms with Crippen molar-refractivity contribution in [3.8, 4) is 22.7 Å². The van der Waals surface area contributed by atoms with Gasteiger partial charge in [-0.1, -0.05) is 45.9 Å². The number of para-hydroxylation sites is 1. The number of ether oxygens (including phenoxy) is 2. The van der Waals surface area contributed by atoms with E-state index in [1.807, 2.05) is 57.6 Å². The highest BCUT2D eigenvalue weighted by atomic mass is 16.6. The van der Waals surface area contributed by atoms with Gasteiger partial charge in [-0.3, -0.25) is 0 Å². The lowest BCUT2D eigenvalue weighted by molar-refractivity contribution is 0.0224. The molecule has 0 aliphatic carbocycles. The van der Waals surface area contributed by atoms with E-state index in [1.165, 1.54) is 0 Å². The van der Waals surface area contributed by atoms with Crippen LogP contribution < -0.4 is 4.74 Å². The van der Waals surface area contributed by atoms with Crippen molar-refractivity contribution in [2.24, 2.45) is 5.92 Å². The lowest BCUT2D eigenvalue weighted by Gasteiger charge is -2.30. The molecule has 0 unspecified atom stereocenters. The minimum absolute atomic E-state index is 0.296. The summed E-state index contributed by atoms with van der Waals surface area (Å²) in [5.41, 5.74) is 6.62. The first-order valence-electron chi connectivity index (χ1n) is 14.0. The summed E-state index contributed by atoms with van der Waals surface area (Å²) in [6.45, 7) is 17.7. The zero-order chi connectivity index (χ0) is 28.3. The Balaban J connectivity index is 0.00000172. The van der Waals surface area contributed by atoms with Gasteiger partial charge in [0.25, 0.3) is 0 Å². The van der Waals surface area contributed by atoms with Gasteiger partial charge in [0.15, 0.2) is 0 Å². The number of rotatable bonds is 5. The largest absolute Gasteiger partial charge is 0.491 e. The molecule has 7 heteroatoms. The Morgan fingerprint density at radius 3 is 2.62 bits per heavy atom. The van der Waals surface area contributed by atoms with Gasteiger partial charge in [0.1, 0.15) is 17.0 Å². The standard InChI is InChI=1S/C30H36N4O3.C2H6/c1-19(2)18-36-26-9-7-8-20(3)27(26)34-28(22-10-11-24-21(16-22)12-14-31-24)23-17-33(15-13-25(23)32-34)29(35)37-30(4,5)6;1-2/h7-12,14,16,19,31H,13,15,17-18H2,1-6H3;1-2H3. The van der Waals surface area contributed by atoms with E-state index in [9.17, 15) is 4.79 Å². The molecule has 2 aromatic heterocycles. The molecule has 7 nitrogen and oxygen atoms in total. The number of aromatic nitrogens is 3. The second-order valence-electron chi connectivity index (χ2n) is 11.2. The Morgan fingerprint density at radius 1 is 1.13 bits per heavy atom. The molecule has 0 spiro atoms. The van der Waals surface area contributed by atoms with Gasteiger partial charge in [0.2, 0.25) is 0 Å². The molecule has 0 saturated heterocycles. The van der Waals surface area contributed by atoms with Crippen LogP contribution in [0.15, 0.2) is 48.7 Å². The number of fused-ring (bicyclic) bond motifs is 2. The summed E-state index contributed by atoms with van der Waals surface area (Å²) in [4.78, 5) is 18.1. The van der Waals surface area contributed by atoms with Crippen LogP contribution >= 0.6 is 0 Å². The van der Waals surface area contributed by atoms with Crippen molar-refractivity contribution in [3.63, 3.8) is 0 Å². The van der Waals surface area contributed by atoms with Gasteiger partial charge in [-0.05, 0) is 63.4 Å². The van der Waals surface area contributed by atoms with Crippen LogP contribution in [0.2, 0.25) is 0 Å². The summed E-state index contributed by atoms with van der Waals surface area (Å²) in [5.74, 6) is 1.21. The van der Waals surface area contributed by atoms with Crippen LogP contribution in [0.5, 0.6) is 5.75 Å². The van der Waals surface area contributed by atoms with Crippen LogP contribution in [-0.4, -0.2) is 44.5 Å². The monoisotopic (exact) mass is 530 g/mol. The van der Waals surface area contributed by atoms with Gasteiger partial charge in [-0.25, -0.2) is 9.48 Å².